The second-order valence-corrected chi connectivity index (χ2v) is 17.2. The van der Waals surface area contributed by atoms with Gasteiger partial charge >= 0.3 is 0 Å². The highest BCUT2D eigenvalue weighted by atomic mass is 16.3. The van der Waals surface area contributed by atoms with Crippen LogP contribution in [0.1, 0.15) is 264 Å². The van der Waals surface area contributed by atoms with Crippen molar-refractivity contribution < 1.29 is 15.0 Å². The van der Waals surface area contributed by atoms with E-state index in [0.717, 1.165) is 38.5 Å². The first-order valence-electron chi connectivity index (χ1n) is 25.4. The summed E-state index contributed by atoms with van der Waals surface area (Å²) in [5.74, 6) is -0.0808. The Morgan fingerprint density at radius 2 is 0.684 bits per heavy atom. The Hall–Kier alpha value is -1.65. The fourth-order valence-electron chi connectivity index (χ4n) is 7.62. The molecule has 2 unspecified atom stereocenters. The van der Waals surface area contributed by atoms with Crippen molar-refractivity contribution in [1.82, 2.24) is 5.32 Å². The molecule has 0 radical (unpaired) electrons. The van der Waals surface area contributed by atoms with Crippen LogP contribution in [0.4, 0.5) is 0 Å². The first-order valence-corrected chi connectivity index (χ1v) is 25.4. The molecule has 0 spiro atoms. The first kappa shape index (κ1) is 55.4. The third kappa shape index (κ3) is 45.3. The van der Waals surface area contributed by atoms with Gasteiger partial charge < -0.3 is 15.5 Å². The summed E-state index contributed by atoms with van der Waals surface area (Å²) >= 11 is 0. The minimum atomic E-state index is -0.873. The lowest BCUT2D eigenvalue weighted by Crippen LogP contribution is -2.45. The molecule has 57 heavy (non-hydrogen) atoms. The summed E-state index contributed by atoms with van der Waals surface area (Å²) in [6, 6.07) is -0.649. The fourth-order valence-corrected chi connectivity index (χ4v) is 7.62. The molecule has 0 aromatic rings. The van der Waals surface area contributed by atoms with E-state index in [9.17, 15) is 15.0 Å². The van der Waals surface area contributed by atoms with Crippen molar-refractivity contribution >= 4 is 5.91 Å². The Labute approximate surface area is 356 Å². The van der Waals surface area contributed by atoms with Crippen molar-refractivity contribution in [2.24, 2.45) is 0 Å². The zero-order chi connectivity index (χ0) is 41.4. The highest BCUT2D eigenvalue weighted by Gasteiger charge is 2.17. The average Bonchev–Trinajstić information content (AvgIpc) is 3.22. The lowest BCUT2D eigenvalue weighted by Gasteiger charge is -2.19. The van der Waals surface area contributed by atoms with Crippen LogP contribution in [0.5, 0.6) is 0 Å². The number of hydrogen-bond donors (Lipinski definition) is 3. The van der Waals surface area contributed by atoms with Crippen LogP contribution in [0.25, 0.3) is 0 Å². The van der Waals surface area contributed by atoms with Crippen LogP contribution >= 0.6 is 0 Å². The molecule has 0 fully saturated rings. The van der Waals surface area contributed by atoms with E-state index in [0.29, 0.717) is 6.42 Å². The average molecular weight is 798 g/mol. The summed E-state index contributed by atoms with van der Waals surface area (Å²) in [6.07, 6.45) is 66.8. The summed E-state index contributed by atoms with van der Waals surface area (Å²) in [5.41, 5.74) is 0. The van der Waals surface area contributed by atoms with Gasteiger partial charge in [-0.2, -0.15) is 0 Å². The Balaban J connectivity index is 3.60. The molecule has 0 aromatic carbocycles. The van der Waals surface area contributed by atoms with E-state index in [1.807, 2.05) is 6.08 Å². The van der Waals surface area contributed by atoms with Crippen molar-refractivity contribution in [3.05, 3.63) is 48.6 Å². The maximum Gasteiger partial charge on any atom is 0.220 e. The second kappa shape index (κ2) is 48.7. The molecule has 0 aliphatic rings. The Kier molecular flexibility index (Phi) is 47.3. The van der Waals surface area contributed by atoms with Crippen molar-refractivity contribution in [3.63, 3.8) is 0 Å². The van der Waals surface area contributed by atoms with Crippen LogP contribution in [0.2, 0.25) is 0 Å². The molecule has 0 rings (SSSR count). The van der Waals surface area contributed by atoms with Crippen molar-refractivity contribution in [1.29, 1.82) is 0 Å². The minimum absolute atomic E-state index is 0.0808. The van der Waals surface area contributed by atoms with Gasteiger partial charge in [0.25, 0.3) is 0 Å². The van der Waals surface area contributed by atoms with Crippen molar-refractivity contribution in [2.45, 2.75) is 276 Å². The number of allylic oxidation sites excluding steroid dienone is 7. The summed E-state index contributed by atoms with van der Waals surface area (Å²) in [4.78, 5) is 12.4. The van der Waals surface area contributed by atoms with Crippen molar-refractivity contribution in [3.8, 4) is 0 Å². The van der Waals surface area contributed by atoms with Crippen LogP contribution in [0.3, 0.4) is 0 Å². The van der Waals surface area contributed by atoms with Gasteiger partial charge in [0.1, 0.15) is 0 Å². The molecule has 0 heterocycles. The molecular weight excluding hydrogens is 699 g/mol. The van der Waals surface area contributed by atoms with Crippen LogP contribution in [0.15, 0.2) is 48.6 Å². The molecule has 0 saturated carbocycles. The lowest BCUT2D eigenvalue weighted by atomic mass is 10.0. The van der Waals surface area contributed by atoms with E-state index in [2.05, 4.69) is 55.6 Å². The second-order valence-electron chi connectivity index (χ2n) is 17.2. The maximum absolute atomic E-state index is 12.4. The van der Waals surface area contributed by atoms with Crippen LogP contribution in [-0.2, 0) is 4.79 Å². The standard InChI is InChI=1S/C53H99NO3/c1-3-5-7-9-11-13-15-17-19-21-23-25-27-28-30-32-34-36-38-40-42-44-46-48-52(56)51(50-55)54-53(57)49-47-45-43-41-39-37-35-33-31-29-26-24-22-20-18-16-14-12-10-8-6-4-2/h29-32,38,40,46,48,51-52,55-56H,3-28,33-37,39,41-45,47,49-50H2,1-2H3,(H,54,57)/b31-29-,32-30+,40-38+,48-46+. The molecule has 4 heteroatoms. The van der Waals surface area contributed by atoms with Gasteiger partial charge in [-0.1, -0.05) is 236 Å². The third-order valence-corrected chi connectivity index (χ3v) is 11.5. The summed E-state index contributed by atoms with van der Waals surface area (Å²) in [5, 5.41) is 23.1. The summed E-state index contributed by atoms with van der Waals surface area (Å²) < 4.78 is 0. The van der Waals surface area contributed by atoms with E-state index in [-0.39, 0.29) is 12.5 Å². The number of hydrogen-bond acceptors (Lipinski definition) is 3. The number of nitrogens with one attached hydrogen (secondary N) is 1. The molecule has 4 nitrogen and oxygen atoms in total. The molecule has 334 valence electrons. The maximum atomic E-state index is 12.4. The van der Waals surface area contributed by atoms with Gasteiger partial charge in [0.05, 0.1) is 18.8 Å². The number of aliphatic hydroxyl groups excluding tert-OH is 2. The molecule has 2 atom stereocenters. The molecule has 1 amide bonds. The van der Waals surface area contributed by atoms with E-state index in [4.69, 9.17) is 0 Å². The minimum Gasteiger partial charge on any atom is -0.394 e. The van der Waals surface area contributed by atoms with Crippen molar-refractivity contribution in [2.75, 3.05) is 6.61 Å². The van der Waals surface area contributed by atoms with Gasteiger partial charge in [0.15, 0.2) is 0 Å². The molecule has 0 saturated heterocycles. The largest absolute Gasteiger partial charge is 0.394 e. The van der Waals surface area contributed by atoms with Gasteiger partial charge in [-0.3, -0.25) is 4.79 Å². The number of rotatable bonds is 46. The molecule has 0 aliphatic heterocycles. The van der Waals surface area contributed by atoms with Gasteiger partial charge in [-0.05, 0) is 70.6 Å². The Morgan fingerprint density at radius 1 is 0.404 bits per heavy atom. The smallest absolute Gasteiger partial charge is 0.220 e. The SMILES string of the molecule is CCCCCCCCCCCCC/C=C\CCCCCCCCCC(=O)NC(CO)C(O)/C=C/CC/C=C/CC/C=C/CCCCCCCCCCCCCCC. The fraction of sp³-hybridized carbons (Fsp3) is 0.830. The van der Waals surface area contributed by atoms with Crippen LogP contribution in [0, 0.1) is 0 Å². The quantitative estimate of drug-likeness (QED) is 0.0424. The Bertz CT molecular complexity index is 908. The highest BCUT2D eigenvalue weighted by Crippen LogP contribution is 2.15. The third-order valence-electron chi connectivity index (χ3n) is 11.5. The highest BCUT2D eigenvalue weighted by molar-refractivity contribution is 5.76. The van der Waals surface area contributed by atoms with E-state index in [1.165, 1.54) is 205 Å². The topological polar surface area (TPSA) is 69.6 Å². The lowest BCUT2D eigenvalue weighted by molar-refractivity contribution is -0.123. The number of carbonyl (C=O) groups is 1. The number of unbranched alkanes of at least 4 members (excludes halogenated alkanes) is 33. The zero-order valence-corrected chi connectivity index (χ0v) is 38.4. The van der Waals surface area contributed by atoms with Gasteiger partial charge in [-0.15, -0.1) is 0 Å². The summed E-state index contributed by atoms with van der Waals surface area (Å²) in [6.45, 7) is 4.31. The van der Waals surface area contributed by atoms with Gasteiger partial charge in [0, 0.05) is 6.42 Å². The predicted molar refractivity (Wildman–Crippen MR) is 253 cm³/mol. The van der Waals surface area contributed by atoms with E-state index in [1.54, 1.807) is 6.08 Å². The Morgan fingerprint density at radius 3 is 1.02 bits per heavy atom. The van der Waals surface area contributed by atoms with Crippen LogP contribution in [-0.4, -0.2) is 34.9 Å². The molecule has 3 N–H and O–H groups in total. The molecule has 0 bridgehead atoms. The first-order chi connectivity index (χ1) is 28.2. The van der Waals surface area contributed by atoms with Crippen LogP contribution < -0.4 is 5.32 Å². The van der Waals surface area contributed by atoms with Gasteiger partial charge in [0.2, 0.25) is 5.91 Å². The molecular formula is C53H99NO3. The molecule has 0 aliphatic carbocycles. The van der Waals surface area contributed by atoms with Gasteiger partial charge in [-0.25, -0.2) is 0 Å². The number of aliphatic hydroxyl groups is 2. The predicted octanol–water partition coefficient (Wildman–Crippen LogP) is 16.3. The molecule has 0 aromatic heterocycles. The van der Waals surface area contributed by atoms with E-state index >= 15 is 0 Å². The zero-order valence-electron chi connectivity index (χ0n) is 38.4. The monoisotopic (exact) mass is 798 g/mol. The van der Waals surface area contributed by atoms with E-state index < -0.39 is 12.1 Å². The number of carbonyl (C=O) groups excluding carboxylic acids is 1. The normalized spacial score (nSPS) is 13.3. The number of amides is 1. The summed E-state index contributed by atoms with van der Waals surface area (Å²) in [7, 11) is 0.